The Labute approximate surface area is 125 Å². The lowest BCUT2D eigenvalue weighted by atomic mass is 10.2. The molecule has 0 aromatic rings. The van der Waals surface area contributed by atoms with Crippen LogP contribution in [0.4, 0.5) is 4.79 Å². The molecule has 0 saturated heterocycles. The number of hydrogen-bond acceptors (Lipinski definition) is 5. The Hall–Kier alpha value is -1.85. The minimum Gasteiger partial charge on any atom is -0.434 e. The molecule has 1 amide bonds. The first-order chi connectivity index (χ1) is 9.99. The Kier molecular flexibility index (Phi) is 7.50. The summed E-state index contributed by atoms with van der Waals surface area (Å²) in [6.45, 7) is 5.40. The Morgan fingerprint density at radius 1 is 1.29 bits per heavy atom. The van der Waals surface area contributed by atoms with Crippen LogP contribution in [0.15, 0.2) is 12.2 Å². The zero-order chi connectivity index (χ0) is 15.7. The molecule has 0 spiro atoms. The molecule has 0 aromatic carbocycles. The van der Waals surface area contributed by atoms with E-state index in [1.54, 1.807) is 11.0 Å². The van der Waals surface area contributed by atoms with E-state index in [4.69, 9.17) is 4.74 Å². The first kappa shape index (κ1) is 17.2. The second-order valence-electron chi connectivity index (χ2n) is 5.43. The molecular weight excluding hydrogens is 274 g/mol. The molecule has 1 aliphatic rings. The fourth-order valence-corrected chi connectivity index (χ4v) is 1.83. The Morgan fingerprint density at radius 3 is 2.67 bits per heavy atom. The topological polar surface area (TPSA) is 72.9 Å². The summed E-state index contributed by atoms with van der Waals surface area (Å²) in [6.07, 6.45) is 4.93. The number of ether oxygens (including phenoxy) is 2. The van der Waals surface area contributed by atoms with E-state index >= 15 is 0 Å². The van der Waals surface area contributed by atoms with Crippen LogP contribution in [-0.4, -0.2) is 42.6 Å². The summed E-state index contributed by atoms with van der Waals surface area (Å²) in [7, 11) is 0. The zero-order valence-electron chi connectivity index (χ0n) is 12.7. The maximum absolute atomic E-state index is 11.4. The van der Waals surface area contributed by atoms with E-state index in [1.165, 1.54) is 0 Å². The van der Waals surface area contributed by atoms with Crippen LogP contribution < -0.4 is 0 Å². The van der Waals surface area contributed by atoms with Crippen molar-refractivity contribution in [3.63, 3.8) is 0 Å². The van der Waals surface area contributed by atoms with Crippen LogP contribution in [0.1, 0.15) is 39.5 Å². The van der Waals surface area contributed by atoms with E-state index in [0.717, 1.165) is 12.8 Å². The number of amides is 1. The van der Waals surface area contributed by atoms with Gasteiger partial charge >= 0.3 is 12.1 Å². The molecule has 118 valence electrons. The van der Waals surface area contributed by atoms with Gasteiger partial charge in [-0.15, -0.1) is 0 Å². The van der Waals surface area contributed by atoms with Crippen LogP contribution in [0.5, 0.6) is 0 Å². The van der Waals surface area contributed by atoms with E-state index in [1.807, 2.05) is 19.9 Å². The van der Waals surface area contributed by atoms with Crippen molar-refractivity contribution in [3.05, 3.63) is 12.2 Å². The van der Waals surface area contributed by atoms with Gasteiger partial charge in [-0.2, -0.15) is 0 Å². The van der Waals surface area contributed by atoms with Crippen LogP contribution in [0.3, 0.4) is 0 Å². The Bertz CT molecular complexity index is 403. The van der Waals surface area contributed by atoms with Crippen molar-refractivity contribution in [1.82, 2.24) is 4.90 Å². The van der Waals surface area contributed by atoms with Gasteiger partial charge in [-0.05, 0) is 18.8 Å². The van der Waals surface area contributed by atoms with Crippen LogP contribution in [0.2, 0.25) is 0 Å². The lowest BCUT2D eigenvalue weighted by Crippen LogP contribution is -2.26. The van der Waals surface area contributed by atoms with Crippen molar-refractivity contribution < 1.29 is 23.9 Å². The Balaban J connectivity index is 2.00. The van der Waals surface area contributed by atoms with Crippen molar-refractivity contribution >= 4 is 18.0 Å². The molecule has 1 heterocycles. The largest absolute Gasteiger partial charge is 0.516 e. The molecule has 6 heteroatoms. The Morgan fingerprint density at radius 2 is 2.05 bits per heavy atom. The summed E-state index contributed by atoms with van der Waals surface area (Å²) < 4.78 is 9.27. The predicted octanol–water partition coefficient (Wildman–Crippen LogP) is 2.28. The summed E-state index contributed by atoms with van der Waals surface area (Å²) in [5.41, 5.74) is 0. The summed E-state index contributed by atoms with van der Waals surface area (Å²) in [4.78, 5) is 35.6. The quantitative estimate of drug-likeness (QED) is 0.390. The highest BCUT2D eigenvalue weighted by atomic mass is 16.7. The normalized spacial score (nSPS) is 13.9. The van der Waals surface area contributed by atoms with Crippen molar-refractivity contribution in [2.75, 3.05) is 19.7 Å². The predicted molar refractivity (Wildman–Crippen MR) is 76.5 cm³/mol. The summed E-state index contributed by atoms with van der Waals surface area (Å²) in [5.74, 6) is -0.319. The number of carbonyl (C=O) groups is 3. The molecule has 0 N–H and O–H groups in total. The summed E-state index contributed by atoms with van der Waals surface area (Å²) in [5, 5.41) is 0. The highest BCUT2D eigenvalue weighted by molar-refractivity contribution is 5.89. The van der Waals surface area contributed by atoms with Gasteiger partial charge in [0.2, 0.25) is 5.91 Å². The lowest BCUT2D eigenvalue weighted by Gasteiger charge is -2.14. The van der Waals surface area contributed by atoms with Gasteiger partial charge in [-0.3, -0.25) is 9.59 Å². The fraction of sp³-hybridized carbons (Fsp3) is 0.667. The fourth-order valence-electron chi connectivity index (χ4n) is 1.83. The van der Waals surface area contributed by atoms with Crippen LogP contribution in [-0.2, 0) is 19.1 Å². The number of rotatable bonds is 8. The molecule has 0 aromatic heterocycles. The molecule has 0 aliphatic carbocycles. The third-order valence-electron chi connectivity index (χ3n) is 2.94. The molecule has 0 atom stereocenters. The highest BCUT2D eigenvalue weighted by Crippen LogP contribution is 2.07. The second-order valence-corrected chi connectivity index (χ2v) is 5.43. The smallest absolute Gasteiger partial charge is 0.434 e. The van der Waals surface area contributed by atoms with E-state index in [0.29, 0.717) is 19.5 Å². The molecule has 0 radical (unpaired) electrons. The number of carbonyl (C=O) groups excluding carboxylic acids is 3. The van der Waals surface area contributed by atoms with Crippen molar-refractivity contribution in [2.24, 2.45) is 5.92 Å². The van der Waals surface area contributed by atoms with Crippen LogP contribution in [0.25, 0.3) is 0 Å². The minimum atomic E-state index is -0.928. The van der Waals surface area contributed by atoms with E-state index in [-0.39, 0.29) is 24.9 Å². The monoisotopic (exact) mass is 297 g/mol. The minimum absolute atomic E-state index is 0.0438. The molecule has 0 saturated carbocycles. The highest BCUT2D eigenvalue weighted by Gasteiger charge is 2.14. The van der Waals surface area contributed by atoms with Gasteiger partial charge in [-0.25, -0.2) is 4.79 Å². The zero-order valence-corrected chi connectivity index (χ0v) is 12.7. The van der Waals surface area contributed by atoms with Crippen LogP contribution in [0, 0.1) is 5.92 Å². The standard InChI is InChI=1S/C15H23NO5/c1-12(2)11-20-15(19)21-14(18)8-4-3-5-9-16-10-6-7-13(16)17/h6-7,12H,3-5,8-11H2,1-2H3. The van der Waals surface area contributed by atoms with Gasteiger partial charge in [0.15, 0.2) is 0 Å². The second kappa shape index (κ2) is 9.15. The summed E-state index contributed by atoms with van der Waals surface area (Å²) in [6, 6.07) is 0. The molecule has 1 aliphatic heterocycles. The van der Waals surface area contributed by atoms with Gasteiger partial charge in [0, 0.05) is 25.6 Å². The van der Waals surface area contributed by atoms with Crippen molar-refractivity contribution in [2.45, 2.75) is 39.5 Å². The molecule has 0 fully saturated rings. The number of esters is 1. The van der Waals surface area contributed by atoms with Crippen molar-refractivity contribution in [3.8, 4) is 0 Å². The van der Waals surface area contributed by atoms with Gasteiger partial charge in [0.25, 0.3) is 0 Å². The molecular formula is C15H23NO5. The average Bonchev–Trinajstić information content (AvgIpc) is 2.81. The summed E-state index contributed by atoms with van der Waals surface area (Å²) >= 11 is 0. The van der Waals surface area contributed by atoms with E-state index in [2.05, 4.69) is 4.74 Å². The molecule has 21 heavy (non-hydrogen) atoms. The number of nitrogens with zero attached hydrogens (tertiary/aromatic N) is 1. The van der Waals surface area contributed by atoms with E-state index < -0.39 is 12.1 Å². The third kappa shape index (κ3) is 7.48. The van der Waals surface area contributed by atoms with Gasteiger partial charge in [-0.1, -0.05) is 26.3 Å². The third-order valence-corrected chi connectivity index (χ3v) is 2.94. The maximum atomic E-state index is 11.4. The molecule has 0 bridgehead atoms. The first-order valence-corrected chi connectivity index (χ1v) is 7.32. The molecule has 0 unspecified atom stereocenters. The van der Waals surface area contributed by atoms with Crippen molar-refractivity contribution in [1.29, 1.82) is 0 Å². The van der Waals surface area contributed by atoms with E-state index in [9.17, 15) is 14.4 Å². The number of hydrogen-bond donors (Lipinski definition) is 0. The maximum Gasteiger partial charge on any atom is 0.516 e. The number of unbranched alkanes of at least 4 members (excludes halogenated alkanes) is 2. The molecule has 6 nitrogen and oxygen atoms in total. The van der Waals surface area contributed by atoms with Crippen LogP contribution >= 0.6 is 0 Å². The molecule has 1 rings (SSSR count). The average molecular weight is 297 g/mol. The first-order valence-electron chi connectivity index (χ1n) is 7.32. The van der Waals surface area contributed by atoms with Gasteiger partial charge in [0.1, 0.15) is 0 Å². The van der Waals surface area contributed by atoms with Gasteiger partial charge in [0.05, 0.1) is 6.61 Å². The SMILES string of the molecule is CC(C)COC(=O)OC(=O)CCCCCN1CC=CC1=O. The lowest BCUT2D eigenvalue weighted by molar-refractivity contribution is -0.140. The van der Waals surface area contributed by atoms with Gasteiger partial charge < -0.3 is 14.4 Å².